The van der Waals surface area contributed by atoms with Crippen molar-refractivity contribution in [3.8, 4) is 0 Å². The van der Waals surface area contributed by atoms with Crippen LogP contribution in [0.5, 0.6) is 0 Å². The van der Waals surface area contributed by atoms with Crippen molar-refractivity contribution in [3.63, 3.8) is 0 Å². The fraction of sp³-hybridized carbons (Fsp3) is 0.643. The zero-order valence-electron chi connectivity index (χ0n) is 11.4. The molecule has 0 saturated heterocycles. The van der Waals surface area contributed by atoms with E-state index in [0.29, 0.717) is 5.82 Å². The Morgan fingerprint density at radius 2 is 1.89 bits per heavy atom. The lowest BCUT2D eigenvalue weighted by molar-refractivity contribution is -0.137. The van der Waals surface area contributed by atoms with Gasteiger partial charge in [-0.25, -0.2) is 4.98 Å². The molecule has 0 bridgehead atoms. The minimum Gasteiger partial charge on any atom is -0.367 e. The summed E-state index contributed by atoms with van der Waals surface area (Å²) in [6, 6.07) is 2.75. The molecule has 0 aliphatic carbocycles. The summed E-state index contributed by atoms with van der Waals surface area (Å²) in [5, 5.41) is 3.21. The van der Waals surface area contributed by atoms with E-state index in [2.05, 4.69) is 24.1 Å². The van der Waals surface area contributed by atoms with E-state index in [1.54, 1.807) is 0 Å². The molecule has 2 nitrogen and oxygen atoms in total. The summed E-state index contributed by atoms with van der Waals surface area (Å²) in [6.07, 6.45) is 1.85. The molecule has 0 aromatic carbocycles. The lowest BCUT2D eigenvalue weighted by Crippen LogP contribution is -2.20. The first-order valence-corrected chi connectivity index (χ1v) is 6.77. The highest BCUT2D eigenvalue weighted by atomic mass is 19.4. The third-order valence-corrected chi connectivity index (χ3v) is 2.99. The fourth-order valence-corrected chi connectivity index (χ4v) is 1.94. The smallest absolute Gasteiger partial charge is 0.367 e. The van der Waals surface area contributed by atoms with Crippen LogP contribution in [-0.4, -0.2) is 11.0 Å². The Kier molecular flexibility index (Phi) is 6.12. The first-order chi connectivity index (χ1) is 8.97. The topological polar surface area (TPSA) is 24.9 Å². The molecule has 1 aromatic rings. The van der Waals surface area contributed by atoms with Gasteiger partial charge in [0.15, 0.2) is 0 Å². The molecule has 1 atom stereocenters. The van der Waals surface area contributed by atoms with Gasteiger partial charge in [-0.05, 0) is 25.0 Å². The first kappa shape index (κ1) is 15.8. The quantitative estimate of drug-likeness (QED) is 0.767. The normalized spacial score (nSPS) is 13.3. The van der Waals surface area contributed by atoms with Gasteiger partial charge >= 0.3 is 6.18 Å². The van der Waals surface area contributed by atoms with Crippen LogP contribution in [0.15, 0.2) is 18.3 Å². The number of pyridine rings is 1. The fourth-order valence-electron chi connectivity index (χ4n) is 1.94. The number of rotatable bonds is 7. The van der Waals surface area contributed by atoms with Crippen molar-refractivity contribution >= 4 is 5.82 Å². The molecule has 0 radical (unpaired) electrons. The number of nitrogens with one attached hydrogen (secondary N) is 1. The standard InChI is InChI=1S/C14H21F3N2/c1-3-5-7-12(6-4-2)19-13-9-8-11(10-18-13)14(15,16)17/h8-10,12H,3-7H2,1-2H3,(H,18,19). The number of aromatic nitrogens is 1. The van der Waals surface area contributed by atoms with Gasteiger partial charge in [0.05, 0.1) is 5.56 Å². The van der Waals surface area contributed by atoms with E-state index in [1.165, 1.54) is 6.07 Å². The minimum atomic E-state index is -4.32. The molecule has 19 heavy (non-hydrogen) atoms. The number of unbranched alkanes of at least 4 members (excludes halogenated alkanes) is 1. The van der Waals surface area contributed by atoms with Crippen LogP contribution in [0.2, 0.25) is 0 Å². The first-order valence-electron chi connectivity index (χ1n) is 6.77. The van der Waals surface area contributed by atoms with E-state index in [0.717, 1.165) is 44.4 Å². The van der Waals surface area contributed by atoms with E-state index >= 15 is 0 Å². The van der Waals surface area contributed by atoms with Gasteiger partial charge in [-0.2, -0.15) is 13.2 Å². The van der Waals surface area contributed by atoms with Crippen molar-refractivity contribution in [1.29, 1.82) is 0 Å². The number of halogens is 3. The van der Waals surface area contributed by atoms with E-state index in [9.17, 15) is 13.2 Å². The highest BCUT2D eigenvalue weighted by Gasteiger charge is 2.30. The maximum Gasteiger partial charge on any atom is 0.417 e. The molecular weight excluding hydrogens is 253 g/mol. The number of nitrogens with zero attached hydrogens (tertiary/aromatic N) is 1. The Balaban J connectivity index is 2.64. The zero-order valence-corrected chi connectivity index (χ0v) is 11.4. The Bertz CT molecular complexity index is 360. The maximum atomic E-state index is 12.4. The van der Waals surface area contributed by atoms with Crippen molar-refractivity contribution in [2.75, 3.05) is 5.32 Å². The second-order valence-corrected chi connectivity index (χ2v) is 4.70. The van der Waals surface area contributed by atoms with Crippen LogP contribution in [0.25, 0.3) is 0 Å². The highest BCUT2D eigenvalue weighted by Crippen LogP contribution is 2.29. The molecule has 0 aliphatic heterocycles. The highest BCUT2D eigenvalue weighted by molar-refractivity contribution is 5.37. The SMILES string of the molecule is CCCCC(CCC)Nc1ccc(C(F)(F)F)cn1. The van der Waals surface area contributed by atoms with Gasteiger partial charge in [-0.1, -0.05) is 33.1 Å². The van der Waals surface area contributed by atoms with Gasteiger partial charge in [-0.15, -0.1) is 0 Å². The minimum absolute atomic E-state index is 0.286. The molecule has 0 fully saturated rings. The molecule has 0 saturated carbocycles. The van der Waals surface area contributed by atoms with Gasteiger partial charge in [0, 0.05) is 12.2 Å². The molecule has 1 heterocycles. The lowest BCUT2D eigenvalue weighted by Gasteiger charge is -2.18. The summed E-state index contributed by atoms with van der Waals surface area (Å²) in [6.45, 7) is 4.22. The van der Waals surface area contributed by atoms with Crippen LogP contribution in [0.4, 0.5) is 19.0 Å². The molecule has 1 rings (SSSR count). The summed E-state index contributed by atoms with van der Waals surface area (Å²) >= 11 is 0. The van der Waals surface area contributed by atoms with Crippen molar-refractivity contribution in [1.82, 2.24) is 4.98 Å². The van der Waals surface area contributed by atoms with Crippen molar-refractivity contribution < 1.29 is 13.2 Å². The number of hydrogen-bond acceptors (Lipinski definition) is 2. The van der Waals surface area contributed by atoms with E-state index in [1.807, 2.05) is 0 Å². The number of anilines is 1. The molecule has 108 valence electrons. The van der Waals surface area contributed by atoms with Gasteiger partial charge < -0.3 is 5.32 Å². The molecular formula is C14H21F3N2. The molecule has 5 heteroatoms. The molecule has 1 aromatic heterocycles. The molecule has 0 spiro atoms. The number of alkyl halides is 3. The maximum absolute atomic E-state index is 12.4. The second kappa shape index (κ2) is 7.36. The van der Waals surface area contributed by atoms with Gasteiger partial charge in [-0.3, -0.25) is 0 Å². The Morgan fingerprint density at radius 1 is 1.16 bits per heavy atom. The third kappa shape index (κ3) is 5.49. The van der Waals surface area contributed by atoms with Crippen LogP contribution in [-0.2, 0) is 6.18 Å². The van der Waals surface area contributed by atoms with Gasteiger partial charge in [0.1, 0.15) is 5.82 Å². The van der Waals surface area contributed by atoms with Crippen molar-refractivity contribution in [2.45, 2.75) is 58.2 Å². The van der Waals surface area contributed by atoms with E-state index < -0.39 is 11.7 Å². The molecule has 1 N–H and O–H groups in total. The lowest BCUT2D eigenvalue weighted by atomic mass is 10.1. The summed E-state index contributed by atoms with van der Waals surface area (Å²) < 4.78 is 37.2. The summed E-state index contributed by atoms with van der Waals surface area (Å²) in [5.74, 6) is 0.516. The van der Waals surface area contributed by atoms with E-state index in [4.69, 9.17) is 0 Å². The van der Waals surface area contributed by atoms with Crippen LogP contribution >= 0.6 is 0 Å². The van der Waals surface area contributed by atoms with Crippen LogP contribution < -0.4 is 5.32 Å². The molecule has 0 aliphatic rings. The average Bonchev–Trinajstić information content (AvgIpc) is 2.36. The van der Waals surface area contributed by atoms with Crippen molar-refractivity contribution in [3.05, 3.63) is 23.9 Å². The van der Waals surface area contributed by atoms with Crippen LogP contribution in [0.1, 0.15) is 51.5 Å². The zero-order chi connectivity index (χ0) is 14.3. The average molecular weight is 274 g/mol. The Labute approximate surface area is 112 Å². The van der Waals surface area contributed by atoms with E-state index in [-0.39, 0.29) is 6.04 Å². The predicted octanol–water partition coefficient (Wildman–Crippen LogP) is 4.87. The Morgan fingerprint density at radius 3 is 2.37 bits per heavy atom. The van der Waals surface area contributed by atoms with Gasteiger partial charge in [0.25, 0.3) is 0 Å². The Hall–Kier alpha value is -1.26. The number of hydrogen-bond donors (Lipinski definition) is 1. The predicted molar refractivity (Wildman–Crippen MR) is 71.1 cm³/mol. The van der Waals surface area contributed by atoms with Gasteiger partial charge in [0.2, 0.25) is 0 Å². The van der Waals surface area contributed by atoms with Crippen LogP contribution in [0.3, 0.4) is 0 Å². The summed E-state index contributed by atoms with van der Waals surface area (Å²) in [7, 11) is 0. The van der Waals surface area contributed by atoms with Crippen LogP contribution in [0, 0.1) is 0 Å². The summed E-state index contributed by atoms with van der Waals surface area (Å²) in [4.78, 5) is 3.84. The second-order valence-electron chi connectivity index (χ2n) is 4.70. The summed E-state index contributed by atoms with van der Waals surface area (Å²) in [5.41, 5.74) is -0.710. The monoisotopic (exact) mass is 274 g/mol. The largest absolute Gasteiger partial charge is 0.417 e. The van der Waals surface area contributed by atoms with Crippen molar-refractivity contribution in [2.24, 2.45) is 0 Å². The third-order valence-electron chi connectivity index (χ3n) is 2.99. The molecule has 0 amide bonds. The molecule has 1 unspecified atom stereocenters.